The number of benzene rings is 1. The Kier molecular flexibility index (Phi) is 7.83. The van der Waals surface area contributed by atoms with Crippen LogP contribution in [0.1, 0.15) is 31.7 Å². The third-order valence-electron chi connectivity index (χ3n) is 5.63. The van der Waals surface area contributed by atoms with Crippen LogP contribution in [-0.2, 0) is 16.0 Å². The number of hydrogen-bond donors (Lipinski definition) is 2. The van der Waals surface area contributed by atoms with Crippen LogP contribution in [0.5, 0.6) is 11.5 Å². The van der Waals surface area contributed by atoms with E-state index in [0.29, 0.717) is 61.7 Å². The number of H-pyrrole nitrogens is 1. The highest BCUT2D eigenvalue weighted by Crippen LogP contribution is 2.33. The van der Waals surface area contributed by atoms with E-state index in [1.165, 1.54) is 0 Å². The molecule has 1 fully saturated rings. The van der Waals surface area contributed by atoms with Gasteiger partial charge in [-0.1, -0.05) is 0 Å². The standard InChI is InChI=1S/C23H31N3O5S/c1-2-28-7-4-6-24-23(32)26(15-18-5-3-8-29-18)14-17-11-16-12-20-21(31-10-9-30-20)13-19(16)25-22(17)27/h11-13,18H,2-10,14-15H2,1H3,(H,24,32)(H,25,27). The Morgan fingerprint density at radius 1 is 1.25 bits per heavy atom. The number of nitrogens with zero attached hydrogens (tertiary/aromatic N) is 1. The smallest absolute Gasteiger partial charge is 0.253 e. The van der Waals surface area contributed by atoms with Crippen LogP contribution in [0.2, 0.25) is 0 Å². The van der Waals surface area contributed by atoms with Gasteiger partial charge in [0.15, 0.2) is 16.6 Å². The Hall–Kier alpha value is -2.36. The van der Waals surface area contributed by atoms with Crippen LogP contribution in [0.4, 0.5) is 0 Å². The second kappa shape index (κ2) is 11.0. The Morgan fingerprint density at radius 2 is 2.06 bits per heavy atom. The van der Waals surface area contributed by atoms with Gasteiger partial charge in [0, 0.05) is 49.9 Å². The van der Waals surface area contributed by atoms with Crippen LogP contribution in [0, 0.1) is 0 Å². The first kappa shape index (κ1) is 22.8. The molecular weight excluding hydrogens is 430 g/mol. The zero-order valence-corrected chi connectivity index (χ0v) is 19.3. The number of rotatable bonds is 9. The van der Waals surface area contributed by atoms with E-state index >= 15 is 0 Å². The predicted molar refractivity (Wildman–Crippen MR) is 127 cm³/mol. The highest BCUT2D eigenvalue weighted by atomic mass is 32.1. The lowest BCUT2D eigenvalue weighted by Crippen LogP contribution is -2.44. The fraction of sp³-hybridized carbons (Fsp3) is 0.565. The summed E-state index contributed by atoms with van der Waals surface area (Å²) in [5, 5.41) is 4.83. The summed E-state index contributed by atoms with van der Waals surface area (Å²) in [6, 6.07) is 5.65. The van der Waals surface area contributed by atoms with Gasteiger partial charge in [-0.25, -0.2) is 0 Å². The molecule has 9 heteroatoms. The van der Waals surface area contributed by atoms with Crippen molar-refractivity contribution in [1.82, 2.24) is 15.2 Å². The van der Waals surface area contributed by atoms with Crippen molar-refractivity contribution >= 4 is 28.2 Å². The maximum Gasteiger partial charge on any atom is 0.253 e. The first-order chi connectivity index (χ1) is 15.6. The van der Waals surface area contributed by atoms with Crippen LogP contribution in [0.15, 0.2) is 23.0 Å². The third kappa shape index (κ3) is 5.70. The topological polar surface area (TPSA) is 85.1 Å². The highest BCUT2D eigenvalue weighted by molar-refractivity contribution is 7.80. The molecule has 1 saturated heterocycles. The molecule has 1 aromatic carbocycles. The molecule has 32 heavy (non-hydrogen) atoms. The van der Waals surface area contributed by atoms with Gasteiger partial charge in [-0.3, -0.25) is 4.79 Å². The number of thiocarbonyl (C=S) groups is 1. The minimum atomic E-state index is -0.134. The first-order valence-corrected chi connectivity index (χ1v) is 11.7. The number of fused-ring (bicyclic) bond motifs is 2. The summed E-state index contributed by atoms with van der Waals surface area (Å²) < 4.78 is 22.5. The van der Waals surface area contributed by atoms with Gasteiger partial charge < -0.3 is 34.1 Å². The van der Waals surface area contributed by atoms with E-state index in [1.54, 1.807) is 0 Å². The molecule has 2 aliphatic rings. The third-order valence-corrected chi connectivity index (χ3v) is 6.03. The van der Waals surface area contributed by atoms with Crippen molar-refractivity contribution in [2.45, 2.75) is 38.8 Å². The van der Waals surface area contributed by atoms with E-state index in [4.69, 9.17) is 31.2 Å². The van der Waals surface area contributed by atoms with Crippen molar-refractivity contribution in [2.24, 2.45) is 0 Å². The van der Waals surface area contributed by atoms with Crippen molar-refractivity contribution in [3.05, 3.63) is 34.1 Å². The molecule has 2 aromatic rings. The van der Waals surface area contributed by atoms with E-state index in [-0.39, 0.29) is 11.7 Å². The second-order valence-corrected chi connectivity index (χ2v) is 8.39. The van der Waals surface area contributed by atoms with E-state index in [9.17, 15) is 4.79 Å². The molecule has 0 amide bonds. The van der Waals surface area contributed by atoms with Crippen LogP contribution in [-0.4, -0.2) is 67.2 Å². The van der Waals surface area contributed by atoms with Crippen molar-refractivity contribution in [1.29, 1.82) is 0 Å². The maximum atomic E-state index is 12.9. The van der Waals surface area contributed by atoms with Crippen LogP contribution >= 0.6 is 12.2 Å². The predicted octanol–water partition coefficient (Wildman–Crippen LogP) is 2.58. The summed E-state index contributed by atoms with van der Waals surface area (Å²) in [5.41, 5.74) is 1.24. The van der Waals surface area contributed by atoms with Gasteiger partial charge in [0.25, 0.3) is 5.56 Å². The molecule has 174 valence electrons. The second-order valence-electron chi connectivity index (χ2n) is 8.00. The average molecular weight is 462 g/mol. The average Bonchev–Trinajstić information content (AvgIpc) is 3.31. The number of aromatic nitrogens is 1. The number of hydrogen-bond acceptors (Lipinski definition) is 6. The molecule has 1 atom stereocenters. The van der Waals surface area contributed by atoms with Crippen LogP contribution < -0.4 is 20.3 Å². The lowest BCUT2D eigenvalue weighted by Gasteiger charge is -2.28. The zero-order valence-electron chi connectivity index (χ0n) is 18.5. The van der Waals surface area contributed by atoms with Gasteiger partial charge in [-0.15, -0.1) is 0 Å². The fourth-order valence-electron chi connectivity index (χ4n) is 3.99. The number of nitrogens with one attached hydrogen (secondary N) is 2. The molecular formula is C23H31N3O5S. The Morgan fingerprint density at radius 3 is 2.81 bits per heavy atom. The van der Waals surface area contributed by atoms with Gasteiger partial charge in [0.05, 0.1) is 18.2 Å². The summed E-state index contributed by atoms with van der Waals surface area (Å²) in [4.78, 5) is 17.9. The molecule has 2 aliphatic heterocycles. The monoisotopic (exact) mass is 461 g/mol. The fourth-order valence-corrected chi connectivity index (χ4v) is 4.23. The van der Waals surface area contributed by atoms with Crippen molar-refractivity contribution in [3.63, 3.8) is 0 Å². The molecule has 0 bridgehead atoms. The van der Waals surface area contributed by atoms with Crippen molar-refractivity contribution in [3.8, 4) is 11.5 Å². The maximum absolute atomic E-state index is 12.9. The Bertz CT molecular complexity index is 989. The van der Waals surface area contributed by atoms with Gasteiger partial charge >= 0.3 is 0 Å². The van der Waals surface area contributed by atoms with Crippen LogP contribution in [0.3, 0.4) is 0 Å². The molecule has 1 aromatic heterocycles. The van der Waals surface area contributed by atoms with Crippen molar-refractivity contribution in [2.75, 3.05) is 46.1 Å². The van der Waals surface area contributed by atoms with Gasteiger partial charge in [-0.05, 0) is 50.5 Å². The number of pyridine rings is 1. The molecule has 1 unspecified atom stereocenters. The quantitative estimate of drug-likeness (QED) is 0.436. The minimum absolute atomic E-state index is 0.121. The zero-order chi connectivity index (χ0) is 22.3. The molecule has 0 saturated carbocycles. The normalized spacial score (nSPS) is 17.5. The molecule has 8 nitrogen and oxygen atoms in total. The van der Waals surface area contributed by atoms with Crippen molar-refractivity contribution < 1.29 is 18.9 Å². The minimum Gasteiger partial charge on any atom is -0.486 e. The SMILES string of the molecule is CCOCCCNC(=S)N(Cc1cc2cc3c(cc2[nH]c1=O)OCCO3)CC1CCCO1. The number of ether oxygens (including phenoxy) is 4. The van der Waals surface area contributed by atoms with Gasteiger partial charge in [0.1, 0.15) is 13.2 Å². The van der Waals surface area contributed by atoms with Crippen LogP contribution in [0.25, 0.3) is 10.9 Å². The molecule has 0 aliphatic carbocycles. The van der Waals surface area contributed by atoms with E-state index < -0.39 is 0 Å². The first-order valence-electron chi connectivity index (χ1n) is 11.3. The Balaban J connectivity index is 1.51. The van der Waals surface area contributed by atoms with E-state index in [2.05, 4.69) is 10.3 Å². The van der Waals surface area contributed by atoms with Gasteiger partial charge in [0.2, 0.25) is 0 Å². The summed E-state index contributed by atoms with van der Waals surface area (Å²) in [5.74, 6) is 1.36. The molecule has 2 N–H and O–H groups in total. The number of aromatic amines is 1. The summed E-state index contributed by atoms with van der Waals surface area (Å²) in [7, 11) is 0. The van der Waals surface area contributed by atoms with Gasteiger partial charge in [-0.2, -0.15) is 0 Å². The molecule has 0 spiro atoms. The summed E-state index contributed by atoms with van der Waals surface area (Å²) in [6.45, 7) is 6.96. The molecule has 4 rings (SSSR count). The largest absolute Gasteiger partial charge is 0.486 e. The highest BCUT2D eigenvalue weighted by Gasteiger charge is 2.22. The molecule has 0 radical (unpaired) electrons. The van der Waals surface area contributed by atoms with E-state index in [1.807, 2.05) is 30.0 Å². The van der Waals surface area contributed by atoms with E-state index in [0.717, 1.165) is 43.3 Å². The lowest BCUT2D eigenvalue weighted by atomic mass is 10.1. The Labute approximate surface area is 193 Å². The summed E-state index contributed by atoms with van der Waals surface area (Å²) >= 11 is 5.68. The molecule has 3 heterocycles. The lowest BCUT2D eigenvalue weighted by molar-refractivity contribution is 0.0896. The summed E-state index contributed by atoms with van der Waals surface area (Å²) in [6.07, 6.45) is 3.04.